The van der Waals surface area contributed by atoms with E-state index < -0.39 is 0 Å². The van der Waals surface area contributed by atoms with Crippen molar-refractivity contribution in [2.45, 2.75) is 6.92 Å². The van der Waals surface area contributed by atoms with Crippen LogP contribution in [0.15, 0.2) is 72.8 Å². The Morgan fingerprint density at radius 2 is 1.52 bits per heavy atom. The molecule has 0 radical (unpaired) electrons. The predicted octanol–water partition coefficient (Wildman–Crippen LogP) is 6.05. The minimum Gasteiger partial charge on any atom is -0.438 e. The first-order valence-corrected chi connectivity index (χ1v) is 8.35. The van der Waals surface area contributed by atoms with Crippen molar-refractivity contribution >= 4 is 22.5 Å². The Labute approximate surface area is 150 Å². The van der Waals surface area contributed by atoms with Gasteiger partial charge in [0.25, 0.3) is 0 Å². The molecule has 1 aromatic heterocycles. The second kappa shape index (κ2) is 6.54. The number of hydrogen-bond donors (Lipinski definition) is 0. The van der Waals surface area contributed by atoms with Gasteiger partial charge in [0, 0.05) is 10.6 Å². The van der Waals surface area contributed by atoms with Crippen LogP contribution in [0.5, 0.6) is 11.6 Å². The van der Waals surface area contributed by atoms with E-state index in [2.05, 4.69) is 9.97 Å². The Hall–Kier alpha value is -2.91. The van der Waals surface area contributed by atoms with E-state index in [0.717, 1.165) is 27.8 Å². The molecule has 4 aromatic rings. The molecule has 0 aliphatic rings. The minimum atomic E-state index is 0.546. The van der Waals surface area contributed by atoms with Crippen LogP contribution in [0, 0.1) is 6.92 Å². The lowest BCUT2D eigenvalue weighted by molar-refractivity contribution is 0.465. The van der Waals surface area contributed by atoms with Crippen LogP contribution in [0.1, 0.15) is 5.56 Å². The number of aryl methyl sites for hydroxylation is 1. The number of nitrogens with zero attached hydrogens (tertiary/aromatic N) is 2. The molecule has 4 heteroatoms. The van der Waals surface area contributed by atoms with Crippen LogP contribution in [-0.4, -0.2) is 9.97 Å². The maximum Gasteiger partial charge on any atom is 0.230 e. The van der Waals surface area contributed by atoms with E-state index in [1.807, 2.05) is 79.7 Å². The summed E-state index contributed by atoms with van der Waals surface area (Å²) >= 11 is 5.98. The third-order valence-electron chi connectivity index (χ3n) is 3.97. The highest BCUT2D eigenvalue weighted by molar-refractivity contribution is 6.30. The van der Waals surface area contributed by atoms with Crippen molar-refractivity contribution in [2.75, 3.05) is 0 Å². The Balaban J connectivity index is 1.87. The summed E-state index contributed by atoms with van der Waals surface area (Å²) in [5.41, 5.74) is 2.79. The highest BCUT2D eigenvalue weighted by Gasteiger charge is 2.12. The number of para-hydroxylation sites is 2. The number of ether oxygens (including phenoxy) is 1. The van der Waals surface area contributed by atoms with E-state index in [1.165, 1.54) is 0 Å². The summed E-state index contributed by atoms with van der Waals surface area (Å²) in [5, 5.41) is 1.56. The summed E-state index contributed by atoms with van der Waals surface area (Å²) in [5.74, 6) is 1.94. The molecule has 122 valence electrons. The summed E-state index contributed by atoms with van der Waals surface area (Å²) in [6.07, 6.45) is 0. The van der Waals surface area contributed by atoms with Gasteiger partial charge in [-0.15, -0.1) is 0 Å². The summed E-state index contributed by atoms with van der Waals surface area (Å²) < 4.78 is 6.13. The topological polar surface area (TPSA) is 35.0 Å². The number of benzene rings is 3. The molecule has 3 aromatic carbocycles. The Bertz CT molecular complexity index is 1050. The van der Waals surface area contributed by atoms with Gasteiger partial charge in [-0.25, -0.2) is 4.98 Å². The molecule has 0 aliphatic heterocycles. The van der Waals surface area contributed by atoms with Crippen molar-refractivity contribution in [3.8, 4) is 23.0 Å². The van der Waals surface area contributed by atoms with Crippen molar-refractivity contribution < 1.29 is 4.74 Å². The number of halogens is 1. The van der Waals surface area contributed by atoms with Crippen LogP contribution in [0.2, 0.25) is 5.02 Å². The Morgan fingerprint density at radius 3 is 2.32 bits per heavy atom. The van der Waals surface area contributed by atoms with Crippen molar-refractivity contribution in [2.24, 2.45) is 0 Å². The smallest absolute Gasteiger partial charge is 0.230 e. The molecule has 0 amide bonds. The van der Waals surface area contributed by atoms with Gasteiger partial charge < -0.3 is 4.74 Å². The number of rotatable bonds is 3. The van der Waals surface area contributed by atoms with Crippen molar-refractivity contribution in [3.63, 3.8) is 0 Å². The quantitative estimate of drug-likeness (QED) is 0.453. The lowest BCUT2D eigenvalue weighted by Crippen LogP contribution is -1.96. The zero-order valence-electron chi connectivity index (χ0n) is 13.6. The number of aromatic nitrogens is 2. The summed E-state index contributed by atoms with van der Waals surface area (Å²) in [6, 6.07) is 23.2. The second-order valence-corrected chi connectivity index (χ2v) is 6.18. The SMILES string of the molecule is Cc1ccccc1Oc1nc(-c2ccc(Cl)cc2)nc2ccccc12. The van der Waals surface area contributed by atoms with Gasteiger partial charge in [0.15, 0.2) is 5.82 Å². The average Bonchev–Trinajstić information content (AvgIpc) is 2.64. The third-order valence-corrected chi connectivity index (χ3v) is 4.22. The fourth-order valence-electron chi connectivity index (χ4n) is 2.63. The van der Waals surface area contributed by atoms with E-state index in [4.69, 9.17) is 16.3 Å². The van der Waals surface area contributed by atoms with Crippen molar-refractivity contribution in [1.29, 1.82) is 0 Å². The van der Waals surface area contributed by atoms with Crippen molar-refractivity contribution in [3.05, 3.63) is 83.4 Å². The molecule has 1 heterocycles. The summed E-state index contributed by atoms with van der Waals surface area (Å²) in [7, 11) is 0. The van der Waals surface area contributed by atoms with Gasteiger partial charge in [-0.1, -0.05) is 41.9 Å². The largest absolute Gasteiger partial charge is 0.438 e. The number of fused-ring (bicyclic) bond motifs is 1. The molecule has 0 N–H and O–H groups in total. The molecular formula is C21H15ClN2O. The summed E-state index contributed by atoms with van der Waals surface area (Å²) in [4.78, 5) is 9.33. The van der Waals surface area contributed by atoms with E-state index in [9.17, 15) is 0 Å². The maximum atomic E-state index is 6.13. The first kappa shape index (κ1) is 15.6. The summed E-state index contributed by atoms with van der Waals surface area (Å²) in [6.45, 7) is 2.01. The molecule has 0 atom stereocenters. The van der Waals surface area contributed by atoms with E-state index >= 15 is 0 Å². The molecule has 0 fully saturated rings. The van der Waals surface area contributed by atoms with Crippen LogP contribution in [0.25, 0.3) is 22.3 Å². The molecule has 0 unspecified atom stereocenters. The van der Waals surface area contributed by atoms with Gasteiger partial charge in [-0.2, -0.15) is 4.98 Å². The van der Waals surface area contributed by atoms with Gasteiger partial charge in [0.1, 0.15) is 5.75 Å². The molecule has 0 bridgehead atoms. The molecule has 0 spiro atoms. The zero-order chi connectivity index (χ0) is 17.2. The van der Waals surface area contributed by atoms with Gasteiger partial charge in [-0.05, 0) is 55.0 Å². The van der Waals surface area contributed by atoms with Crippen LogP contribution in [-0.2, 0) is 0 Å². The average molecular weight is 347 g/mol. The molecule has 0 saturated carbocycles. The van der Waals surface area contributed by atoms with Gasteiger partial charge in [-0.3, -0.25) is 0 Å². The van der Waals surface area contributed by atoms with Crippen LogP contribution >= 0.6 is 11.6 Å². The van der Waals surface area contributed by atoms with Crippen molar-refractivity contribution in [1.82, 2.24) is 9.97 Å². The molecular weight excluding hydrogens is 332 g/mol. The molecule has 0 saturated heterocycles. The first-order chi connectivity index (χ1) is 12.2. The van der Waals surface area contributed by atoms with E-state index in [1.54, 1.807) is 0 Å². The normalized spacial score (nSPS) is 10.8. The Kier molecular flexibility index (Phi) is 4.08. The van der Waals surface area contributed by atoms with Crippen LogP contribution in [0.3, 0.4) is 0 Å². The lowest BCUT2D eigenvalue weighted by atomic mass is 10.2. The monoisotopic (exact) mass is 346 g/mol. The first-order valence-electron chi connectivity index (χ1n) is 7.97. The van der Waals surface area contributed by atoms with Gasteiger partial charge >= 0.3 is 0 Å². The van der Waals surface area contributed by atoms with E-state index in [0.29, 0.717) is 16.7 Å². The molecule has 3 nitrogen and oxygen atoms in total. The molecule has 25 heavy (non-hydrogen) atoms. The zero-order valence-corrected chi connectivity index (χ0v) is 14.4. The fraction of sp³-hybridized carbons (Fsp3) is 0.0476. The van der Waals surface area contributed by atoms with Gasteiger partial charge in [0.2, 0.25) is 5.88 Å². The van der Waals surface area contributed by atoms with Gasteiger partial charge in [0.05, 0.1) is 10.9 Å². The highest BCUT2D eigenvalue weighted by atomic mass is 35.5. The predicted molar refractivity (Wildman–Crippen MR) is 101 cm³/mol. The highest BCUT2D eigenvalue weighted by Crippen LogP contribution is 2.31. The van der Waals surface area contributed by atoms with E-state index in [-0.39, 0.29) is 0 Å². The standard InChI is InChI=1S/C21H15ClN2O/c1-14-6-2-5-9-19(14)25-21-17-7-3-4-8-18(17)23-20(24-21)15-10-12-16(22)13-11-15/h2-13H,1H3. The third kappa shape index (κ3) is 3.19. The number of hydrogen-bond acceptors (Lipinski definition) is 3. The van der Waals surface area contributed by atoms with Crippen LogP contribution < -0.4 is 4.74 Å². The fourth-order valence-corrected chi connectivity index (χ4v) is 2.75. The second-order valence-electron chi connectivity index (χ2n) is 5.74. The lowest BCUT2D eigenvalue weighted by Gasteiger charge is -2.11. The minimum absolute atomic E-state index is 0.546. The van der Waals surface area contributed by atoms with Crippen LogP contribution in [0.4, 0.5) is 0 Å². The molecule has 4 rings (SSSR count). The maximum absolute atomic E-state index is 6.13. The Morgan fingerprint density at radius 1 is 0.800 bits per heavy atom. The molecule has 0 aliphatic carbocycles.